The van der Waals surface area contributed by atoms with Crippen molar-refractivity contribution in [2.24, 2.45) is 0 Å². The minimum atomic E-state index is -0.507. The van der Waals surface area contributed by atoms with Crippen LogP contribution >= 0.6 is 23.1 Å². The molecule has 0 bridgehead atoms. The molecule has 8 nitrogen and oxygen atoms in total. The first-order chi connectivity index (χ1) is 16.0. The van der Waals surface area contributed by atoms with Gasteiger partial charge in [0.15, 0.2) is 22.5 Å². The van der Waals surface area contributed by atoms with Crippen LogP contribution in [0, 0.1) is 11.6 Å². The van der Waals surface area contributed by atoms with Crippen molar-refractivity contribution in [3.63, 3.8) is 0 Å². The minimum Gasteiger partial charge on any atom is -0.494 e. The molecular weight excluding hydrogens is 470 g/mol. The lowest BCUT2D eigenvalue weighted by molar-refractivity contribution is -0.113. The lowest BCUT2D eigenvalue weighted by Crippen LogP contribution is -2.14. The maximum Gasteiger partial charge on any atom is 0.236 e. The second-order valence-corrected chi connectivity index (χ2v) is 8.58. The summed E-state index contributed by atoms with van der Waals surface area (Å²) in [4.78, 5) is 12.4. The number of nitrogens with zero attached hydrogens (tertiary/aromatic N) is 5. The first kappa shape index (κ1) is 22.8. The molecule has 4 rings (SSSR count). The predicted octanol–water partition coefficient (Wildman–Crippen LogP) is 4.50. The number of nitrogens with one attached hydrogen (secondary N) is 1. The predicted molar refractivity (Wildman–Crippen MR) is 122 cm³/mol. The molecule has 0 unspecified atom stereocenters. The van der Waals surface area contributed by atoms with Gasteiger partial charge in [-0.05, 0) is 49.4 Å². The second-order valence-electron chi connectivity index (χ2n) is 6.66. The Kier molecular flexibility index (Phi) is 6.94. The first-order valence-corrected chi connectivity index (χ1v) is 11.6. The molecule has 0 saturated carbocycles. The highest BCUT2D eigenvalue weighted by Gasteiger charge is 2.16. The molecule has 0 radical (unpaired) electrons. The van der Waals surface area contributed by atoms with Gasteiger partial charge >= 0.3 is 0 Å². The van der Waals surface area contributed by atoms with Crippen LogP contribution in [0.15, 0.2) is 47.6 Å². The van der Waals surface area contributed by atoms with Crippen LogP contribution in [0.3, 0.4) is 0 Å². The topological polar surface area (TPSA) is 94.8 Å². The van der Waals surface area contributed by atoms with Crippen molar-refractivity contribution < 1.29 is 18.3 Å². The van der Waals surface area contributed by atoms with Crippen LogP contribution in [-0.4, -0.2) is 43.7 Å². The van der Waals surface area contributed by atoms with E-state index < -0.39 is 5.82 Å². The summed E-state index contributed by atoms with van der Waals surface area (Å²) in [5, 5.41) is 20.3. The van der Waals surface area contributed by atoms with Gasteiger partial charge in [0, 0.05) is 17.7 Å². The molecule has 0 spiro atoms. The summed E-state index contributed by atoms with van der Waals surface area (Å²) >= 11 is 2.36. The fraction of sp³-hybridized carbons (Fsp3) is 0.190. The summed E-state index contributed by atoms with van der Waals surface area (Å²) in [5.41, 5.74) is 1.27. The SMILES string of the molecule is CCn1c(SCC(=O)Nc2nnc(-c3ccc(OC)c(F)c3)s2)nnc1-c1ccc(F)cc1. The Morgan fingerprint density at radius 1 is 1.09 bits per heavy atom. The minimum absolute atomic E-state index is 0.0770. The highest BCUT2D eigenvalue weighted by atomic mass is 32.2. The summed E-state index contributed by atoms with van der Waals surface area (Å²) in [7, 11) is 1.39. The summed E-state index contributed by atoms with van der Waals surface area (Å²) in [5.74, 6) is -0.320. The third kappa shape index (κ3) is 5.17. The van der Waals surface area contributed by atoms with Crippen LogP contribution in [0.4, 0.5) is 13.9 Å². The van der Waals surface area contributed by atoms with Gasteiger partial charge in [0.05, 0.1) is 12.9 Å². The smallest absolute Gasteiger partial charge is 0.236 e. The molecule has 0 aliphatic rings. The van der Waals surface area contributed by atoms with Crippen LogP contribution in [0.2, 0.25) is 0 Å². The van der Waals surface area contributed by atoms with Crippen molar-refractivity contribution in [2.75, 3.05) is 18.2 Å². The summed E-state index contributed by atoms with van der Waals surface area (Å²) in [6.45, 7) is 2.52. The van der Waals surface area contributed by atoms with Gasteiger partial charge in [0.2, 0.25) is 11.0 Å². The van der Waals surface area contributed by atoms with E-state index in [1.165, 1.54) is 43.1 Å². The third-order valence-corrected chi connectivity index (χ3v) is 6.39. The Balaban J connectivity index is 1.39. The quantitative estimate of drug-likeness (QED) is 0.365. The molecule has 2 heterocycles. The molecule has 12 heteroatoms. The van der Waals surface area contributed by atoms with Crippen molar-refractivity contribution >= 4 is 34.1 Å². The molecule has 0 atom stereocenters. The Hall–Kier alpha value is -3.38. The van der Waals surface area contributed by atoms with Gasteiger partial charge in [0.25, 0.3) is 0 Å². The number of anilines is 1. The van der Waals surface area contributed by atoms with Gasteiger partial charge in [0.1, 0.15) is 10.8 Å². The molecule has 0 saturated heterocycles. The molecule has 0 aliphatic carbocycles. The van der Waals surface area contributed by atoms with Crippen molar-refractivity contribution in [1.82, 2.24) is 25.0 Å². The molecule has 170 valence electrons. The molecular formula is C21H18F2N6O2S2. The largest absolute Gasteiger partial charge is 0.494 e. The van der Waals surface area contributed by atoms with Crippen LogP contribution in [0.1, 0.15) is 6.92 Å². The van der Waals surface area contributed by atoms with Crippen LogP contribution in [-0.2, 0) is 11.3 Å². The zero-order chi connectivity index (χ0) is 23.4. The molecule has 1 amide bonds. The number of benzene rings is 2. The van der Waals surface area contributed by atoms with E-state index in [2.05, 4.69) is 25.7 Å². The number of amides is 1. The third-order valence-electron chi connectivity index (χ3n) is 4.54. The lowest BCUT2D eigenvalue weighted by atomic mass is 10.2. The molecule has 0 fully saturated rings. The number of aromatic nitrogens is 5. The van der Waals surface area contributed by atoms with Crippen molar-refractivity contribution in [3.05, 3.63) is 54.1 Å². The van der Waals surface area contributed by atoms with Crippen molar-refractivity contribution in [2.45, 2.75) is 18.6 Å². The van der Waals surface area contributed by atoms with E-state index in [0.29, 0.717) is 33.2 Å². The Labute approximate surface area is 196 Å². The lowest BCUT2D eigenvalue weighted by Gasteiger charge is -2.07. The number of carbonyl (C=O) groups excluding carboxylic acids is 1. The summed E-state index contributed by atoms with van der Waals surface area (Å²) in [6, 6.07) is 10.5. The summed E-state index contributed by atoms with van der Waals surface area (Å²) in [6.07, 6.45) is 0. The van der Waals surface area contributed by atoms with Gasteiger partial charge in [-0.3, -0.25) is 10.1 Å². The number of ether oxygens (including phenoxy) is 1. The second kappa shape index (κ2) is 10.0. The molecule has 33 heavy (non-hydrogen) atoms. The number of methoxy groups -OCH3 is 1. The zero-order valence-electron chi connectivity index (χ0n) is 17.6. The maximum absolute atomic E-state index is 13.9. The van der Waals surface area contributed by atoms with Gasteiger partial charge < -0.3 is 9.30 Å². The van der Waals surface area contributed by atoms with Crippen LogP contribution in [0.25, 0.3) is 22.0 Å². The first-order valence-electron chi connectivity index (χ1n) is 9.77. The number of thioether (sulfide) groups is 1. The fourth-order valence-corrected chi connectivity index (χ4v) is 4.53. The monoisotopic (exact) mass is 488 g/mol. The molecule has 4 aromatic rings. The van der Waals surface area contributed by atoms with E-state index in [1.807, 2.05) is 11.5 Å². The highest BCUT2D eigenvalue weighted by Crippen LogP contribution is 2.30. The van der Waals surface area contributed by atoms with Crippen molar-refractivity contribution in [1.29, 1.82) is 0 Å². The zero-order valence-corrected chi connectivity index (χ0v) is 19.2. The fourth-order valence-electron chi connectivity index (χ4n) is 2.97. The number of hydrogen-bond donors (Lipinski definition) is 1. The number of hydrogen-bond acceptors (Lipinski definition) is 8. The van der Waals surface area contributed by atoms with E-state index in [4.69, 9.17) is 4.74 Å². The summed E-state index contributed by atoms with van der Waals surface area (Å²) < 4.78 is 33.9. The van der Waals surface area contributed by atoms with E-state index in [1.54, 1.807) is 18.2 Å². The highest BCUT2D eigenvalue weighted by molar-refractivity contribution is 7.99. The Morgan fingerprint density at radius 2 is 1.85 bits per heavy atom. The Morgan fingerprint density at radius 3 is 2.55 bits per heavy atom. The van der Waals surface area contributed by atoms with Crippen LogP contribution < -0.4 is 10.1 Å². The average Bonchev–Trinajstić information content (AvgIpc) is 3.45. The van der Waals surface area contributed by atoms with Gasteiger partial charge in [-0.15, -0.1) is 20.4 Å². The van der Waals surface area contributed by atoms with Crippen molar-refractivity contribution in [3.8, 4) is 27.7 Å². The number of carbonyl (C=O) groups is 1. The van der Waals surface area contributed by atoms with Crippen LogP contribution in [0.5, 0.6) is 5.75 Å². The van der Waals surface area contributed by atoms with Gasteiger partial charge in [-0.1, -0.05) is 23.1 Å². The van der Waals surface area contributed by atoms with E-state index in [-0.39, 0.29) is 23.2 Å². The van der Waals surface area contributed by atoms with E-state index in [0.717, 1.165) is 16.9 Å². The maximum atomic E-state index is 13.9. The Bertz CT molecular complexity index is 1280. The van der Waals surface area contributed by atoms with E-state index in [9.17, 15) is 13.6 Å². The van der Waals surface area contributed by atoms with Gasteiger partial charge in [-0.2, -0.15) is 0 Å². The average molecular weight is 489 g/mol. The molecule has 2 aromatic heterocycles. The van der Waals surface area contributed by atoms with Gasteiger partial charge in [-0.25, -0.2) is 8.78 Å². The normalized spacial score (nSPS) is 10.9. The molecule has 0 aliphatic heterocycles. The number of halogens is 2. The number of rotatable bonds is 8. The molecule has 1 N–H and O–H groups in total. The van der Waals surface area contributed by atoms with E-state index >= 15 is 0 Å². The standard InChI is InChI=1S/C21H18F2N6O2S2/c1-3-29-18(12-4-7-14(22)8-5-12)25-28-21(29)32-11-17(30)24-20-27-26-19(33-20)13-6-9-16(31-2)15(23)10-13/h4-10H,3,11H2,1-2H3,(H,24,27,30). The molecule has 2 aromatic carbocycles.